The maximum atomic E-state index is 13.6. The van der Waals surface area contributed by atoms with Crippen LogP contribution in [0.2, 0.25) is 0 Å². The zero-order chi connectivity index (χ0) is 26.7. The lowest BCUT2D eigenvalue weighted by molar-refractivity contribution is -0.394. The van der Waals surface area contributed by atoms with E-state index in [4.69, 9.17) is 0 Å². The summed E-state index contributed by atoms with van der Waals surface area (Å²) in [6.07, 6.45) is 1.15. The molecule has 0 aliphatic rings. The van der Waals surface area contributed by atoms with Gasteiger partial charge in [0.15, 0.2) is 0 Å². The largest absolute Gasteiger partial charge is 0.478 e. The van der Waals surface area contributed by atoms with Crippen LogP contribution < -0.4 is 4.90 Å². The Morgan fingerprint density at radius 2 is 1.47 bits per heavy atom. The van der Waals surface area contributed by atoms with Gasteiger partial charge in [-0.2, -0.15) is 0 Å². The smallest absolute Gasteiger partial charge is 0.336 e. The molecule has 3 aromatic rings. The Morgan fingerprint density at radius 3 is 1.94 bits per heavy atom. The van der Waals surface area contributed by atoms with Crippen molar-refractivity contribution in [1.29, 1.82) is 0 Å². The molecular formula is C20H10BrN5O10. The highest BCUT2D eigenvalue weighted by atomic mass is 79.9. The van der Waals surface area contributed by atoms with Gasteiger partial charge < -0.3 is 5.11 Å². The third-order valence-corrected chi connectivity index (χ3v) is 5.07. The van der Waals surface area contributed by atoms with Crippen LogP contribution in [0, 0.1) is 30.3 Å². The summed E-state index contributed by atoms with van der Waals surface area (Å²) in [5.41, 5.74) is -5.13. The third kappa shape index (κ3) is 5.02. The first-order valence-electron chi connectivity index (χ1n) is 9.37. The van der Waals surface area contributed by atoms with Crippen LogP contribution in [0.25, 0.3) is 0 Å². The summed E-state index contributed by atoms with van der Waals surface area (Å²) in [4.78, 5) is 73.9. The van der Waals surface area contributed by atoms with E-state index < -0.39 is 72.1 Å². The Balaban J connectivity index is 2.31. The molecule has 0 fully saturated rings. The normalized spacial score (nSPS) is 10.4. The van der Waals surface area contributed by atoms with Crippen LogP contribution >= 0.6 is 15.9 Å². The van der Waals surface area contributed by atoms with E-state index in [-0.39, 0.29) is 4.90 Å². The number of nitro groups is 3. The zero-order valence-corrected chi connectivity index (χ0v) is 19.0. The van der Waals surface area contributed by atoms with Gasteiger partial charge in [-0.25, -0.2) is 14.7 Å². The minimum atomic E-state index is -1.72. The van der Waals surface area contributed by atoms with Crippen molar-refractivity contribution < 1.29 is 34.3 Å². The lowest BCUT2D eigenvalue weighted by Gasteiger charge is -2.21. The van der Waals surface area contributed by atoms with Gasteiger partial charge >= 0.3 is 5.97 Å². The predicted octanol–water partition coefficient (Wildman–Crippen LogP) is 3.75. The monoisotopic (exact) mass is 559 g/mol. The zero-order valence-electron chi connectivity index (χ0n) is 17.4. The summed E-state index contributed by atoms with van der Waals surface area (Å²) in [6.45, 7) is 0. The van der Waals surface area contributed by atoms with Crippen molar-refractivity contribution in [1.82, 2.24) is 4.98 Å². The molecule has 15 nitrogen and oxygen atoms in total. The molecule has 0 unspecified atom stereocenters. The number of amides is 2. The number of nitro benzene ring substituents is 3. The van der Waals surface area contributed by atoms with Crippen molar-refractivity contribution in [2.75, 3.05) is 4.90 Å². The quantitative estimate of drug-likeness (QED) is 0.249. The number of anilines is 1. The van der Waals surface area contributed by atoms with Crippen LogP contribution in [0.3, 0.4) is 0 Å². The van der Waals surface area contributed by atoms with Gasteiger partial charge in [0.05, 0.1) is 32.0 Å². The summed E-state index contributed by atoms with van der Waals surface area (Å²) in [6, 6.07) is 7.13. The Labute approximate surface area is 207 Å². The SMILES string of the molecule is O=C(O)c1cccc([N+](=O)[O-])c1C(=O)N(C(=O)c1cc([N+](=O)[O-])cc([N+](=O)[O-])c1)c1ccc(Br)cn1. The molecule has 0 spiro atoms. The summed E-state index contributed by atoms with van der Waals surface area (Å²) in [5, 5.41) is 43.6. The van der Waals surface area contributed by atoms with Gasteiger partial charge in [0.2, 0.25) is 0 Å². The minimum absolute atomic E-state index is 0.240. The van der Waals surface area contributed by atoms with E-state index in [1.165, 1.54) is 6.07 Å². The number of carboxylic acids is 1. The Kier molecular flexibility index (Phi) is 7.10. The molecule has 0 radical (unpaired) electrons. The second-order valence-corrected chi connectivity index (χ2v) is 7.71. The number of benzene rings is 2. The Morgan fingerprint density at radius 1 is 0.861 bits per heavy atom. The fraction of sp³-hybridized carbons (Fsp3) is 0. The number of non-ortho nitro benzene ring substituents is 2. The molecule has 1 N–H and O–H groups in total. The highest BCUT2D eigenvalue weighted by Gasteiger charge is 2.36. The number of pyridine rings is 1. The van der Waals surface area contributed by atoms with Crippen molar-refractivity contribution in [3.8, 4) is 0 Å². The molecule has 2 aromatic carbocycles. The molecule has 0 saturated carbocycles. The van der Waals surface area contributed by atoms with E-state index in [1.807, 2.05) is 0 Å². The van der Waals surface area contributed by atoms with Gasteiger partial charge in [-0.1, -0.05) is 6.07 Å². The number of hydrogen-bond donors (Lipinski definition) is 1. The molecule has 0 aliphatic heterocycles. The average Bonchev–Trinajstić information content (AvgIpc) is 2.84. The van der Waals surface area contributed by atoms with Crippen LogP contribution in [-0.4, -0.2) is 42.6 Å². The molecule has 3 rings (SSSR count). The van der Waals surface area contributed by atoms with E-state index in [2.05, 4.69) is 20.9 Å². The topological polar surface area (TPSA) is 217 Å². The average molecular weight is 560 g/mol. The van der Waals surface area contributed by atoms with Gasteiger partial charge in [-0.15, -0.1) is 0 Å². The lowest BCUT2D eigenvalue weighted by Crippen LogP contribution is -2.39. The lowest BCUT2D eigenvalue weighted by atomic mass is 10.0. The second-order valence-electron chi connectivity index (χ2n) is 6.79. The van der Waals surface area contributed by atoms with Crippen molar-refractivity contribution in [3.63, 3.8) is 0 Å². The number of nitrogens with zero attached hydrogens (tertiary/aromatic N) is 5. The van der Waals surface area contributed by atoms with Crippen LogP contribution in [0.15, 0.2) is 59.2 Å². The number of carboxylic acid groups (broad SMARTS) is 1. The molecule has 0 bridgehead atoms. The highest BCUT2D eigenvalue weighted by molar-refractivity contribution is 9.10. The number of halogens is 1. The van der Waals surface area contributed by atoms with Crippen molar-refractivity contribution in [2.24, 2.45) is 0 Å². The maximum Gasteiger partial charge on any atom is 0.336 e. The summed E-state index contributed by atoms with van der Waals surface area (Å²) in [7, 11) is 0. The predicted molar refractivity (Wildman–Crippen MR) is 123 cm³/mol. The van der Waals surface area contributed by atoms with Gasteiger partial charge in [0, 0.05) is 28.9 Å². The third-order valence-electron chi connectivity index (χ3n) is 4.60. The summed E-state index contributed by atoms with van der Waals surface area (Å²) >= 11 is 3.10. The maximum absolute atomic E-state index is 13.6. The summed E-state index contributed by atoms with van der Waals surface area (Å²) in [5.74, 6) is -5.06. The number of imide groups is 1. The number of aromatic carboxylic acids is 1. The number of hydrogen-bond acceptors (Lipinski definition) is 10. The molecule has 0 saturated heterocycles. The number of carbonyl (C=O) groups excluding carboxylic acids is 2. The molecule has 2 amide bonds. The molecular weight excluding hydrogens is 550 g/mol. The van der Waals surface area contributed by atoms with Crippen LogP contribution in [0.1, 0.15) is 31.1 Å². The van der Waals surface area contributed by atoms with E-state index in [0.717, 1.165) is 30.5 Å². The molecule has 182 valence electrons. The van der Waals surface area contributed by atoms with E-state index in [9.17, 15) is 49.8 Å². The molecule has 0 aliphatic carbocycles. The minimum Gasteiger partial charge on any atom is -0.478 e. The molecule has 0 atom stereocenters. The molecule has 16 heteroatoms. The van der Waals surface area contributed by atoms with Gasteiger partial charge in [0.25, 0.3) is 28.9 Å². The van der Waals surface area contributed by atoms with Gasteiger partial charge in [-0.05, 0) is 34.1 Å². The first-order valence-corrected chi connectivity index (χ1v) is 10.2. The first-order chi connectivity index (χ1) is 16.9. The fourth-order valence-corrected chi connectivity index (χ4v) is 3.30. The summed E-state index contributed by atoms with van der Waals surface area (Å²) < 4.78 is 0.397. The van der Waals surface area contributed by atoms with E-state index in [0.29, 0.717) is 22.7 Å². The van der Waals surface area contributed by atoms with Crippen LogP contribution in [-0.2, 0) is 0 Å². The van der Waals surface area contributed by atoms with Gasteiger partial charge in [0.1, 0.15) is 11.4 Å². The Hall–Kier alpha value is -5.12. The van der Waals surface area contributed by atoms with Gasteiger partial charge in [-0.3, -0.25) is 39.9 Å². The van der Waals surface area contributed by atoms with Crippen molar-refractivity contribution in [3.05, 3.63) is 106 Å². The van der Waals surface area contributed by atoms with Crippen LogP contribution in [0.5, 0.6) is 0 Å². The molecule has 36 heavy (non-hydrogen) atoms. The van der Waals surface area contributed by atoms with Crippen molar-refractivity contribution in [2.45, 2.75) is 0 Å². The fourth-order valence-electron chi connectivity index (χ4n) is 3.07. The van der Waals surface area contributed by atoms with E-state index >= 15 is 0 Å². The highest BCUT2D eigenvalue weighted by Crippen LogP contribution is 2.30. The molecule has 1 aromatic heterocycles. The van der Waals surface area contributed by atoms with Crippen LogP contribution in [0.4, 0.5) is 22.9 Å². The number of aromatic nitrogens is 1. The number of carbonyl (C=O) groups is 3. The first kappa shape index (κ1) is 25.5. The van der Waals surface area contributed by atoms with Crippen molar-refractivity contribution >= 4 is 56.6 Å². The molecule has 1 heterocycles. The standard InChI is InChI=1S/C20H10BrN5O10/c21-11-4-5-16(22-9-11)23(18(27)10-6-12(24(31)32)8-13(7-10)25(33)34)19(28)17-14(20(29)30)2-1-3-15(17)26(35)36/h1-9H,(H,29,30). The Bertz CT molecular complexity index is 1390. The number of rotatable bonds is 7. The second kappa shape index (κ2) is 10.0. The van der Waals surface area contributed by atoms with E-state index in [1.54, 1.807) is 0 Å².